The Morgan fingerprint density at radius 1 is 1.07 bits per heavy atom. The molecule has 0 atom stereocenters. The lowest BCUT2D eigenvalue weighted by Crippen LogP contribution is -2.26. The van der Waals surface area contributed by atoms with Crippen LogP contribution in [-0.4, -0.2) is 36.5 Å². The van der Waals surface area contributed by atoms with Crippen LogP contribution in [0, 0.1) is 0 Å². The molecule has 158 valence electrons. The second-order valence-electron chi connectivity index (χ2n) is 6.26. The number of carbonyl (C=O) groups is 1. The van der Waals surface area contributed by atoms with Crippen LogP contribution in [0.5, 0.6) is 17.2 Å². The Bertz CT molecular complexity index is 1020. The van der Waals surface area contributed by atoms with Crippen LogP contribution >= 0.6 is 23.2 Å². The third-order valence-corrected chi connectivity index (χ3v) is 5.09. The topological polar surface area (TPSA) is 74.6 Å². The number of amides is 1. The number of nitrogens with one attached hydrogen (secondary N) is 1. The van der Waals surface area contributed by atoms with Crippen molar-refractivity contribution in [2.45, 2.75) is 13.2 Å². The molecule has 2 aromatic carbocycles. The molecule has 0 saturated carbocycles. The van der Waals surface area contributed by atoms with Crippen molar-refractivity contribution in [3.63, 3.8) is 0 Å². The van der Waals surface area contributed by atoms with Crippen molar-refractivity contribution in [2.24, 2.45) is 0 Å². The summed E-state index contributed by atoms with van der Waals surface area (Å²) in [4.78, 5) is 12.3. The highest BCUT2D eigenvalue weighted by atomic mass is 35.5. The molecule has 0 aliphatic carbocycles. The summed E-state index contributed by atoms with van der Waals surface area (Å²) in [6.45, 7) is 0.550. The number of hydrogen-bond donors (Lipinski definition) is 1. The van der Waals surface area contributed by atoms with E-state index in [4.69, 9.17) is 37.4 Å². The van der Waals surface area contributed by atoms with Crippen LogP contribution in [0.4, 0.5) is 0 Å². The van der Waals surface area contributed by atoms with Crippen LogP contribution < -0.4 is 19.5 Å². The van der Waals surface area contributed by atoms with Crippen molar-refractivity contribution in [3.8, 4) is 17.2 Å². The highest BCUT2D eigenvalue weighted by Crippen LogP contribution is 2.31. The number of benzene rings is 2. The summed E-state index contributed by atoms with van der Waals surface area (Å²) >= 11 is 12.1. The Balaban J connectivity index is 1.51. The molecule has 0 bridgehead atoms. The van der Waals surface area contributed by atoms with E-state index in [0.717, 1.165) is 5.56 Å². The summed E-state index contributed by atoms with van der Waals surface area (Å²) in [5.74, 6) is 1.49. The predicted molar refractivity (Wildman–Crippen MR) is 115 cm³/mol. The highest BCUT2D eigenvalue weighted by molar-refractivity contribution is 6.42. The maximum atomic E-state index is 12.3. The number of aromatic nitrogens is 2. The van der Waals surface area contributed by atoms with Crippen LogP contribution in [0.2, 0.25) is 10.0 Å². The van der Waals surface area contributed by atoms with Crippen molar-refractivity contribution in [1.82, 2.24) is 15.1 Å². The zero-order valence-corrected chi connectivity index (χ0v) is 18.0. The quantitative estimate of drug-likeness (QED) is 0.529. The van der Waals surface area contributed by atoms with Gasteiger partial charge in [-0.15, -0.1) is 0 Å². The van der Waals surface area contributed by atoms with Gasteiger partial charge < -0.3 is 19.5 Å². The van der Waals surface area contributed by atoms with Gasteiger partial charge in [0.25, 0.3) is 5.91 Å². The van der Waals surface area contributed by atoms with Crippen LogP contribution in [0.15, 0.2) is 48.7 Å². The summed E-state index contributed by atoms with van der Waals surface area (Å²) in [7, 11) is 3.18. The number of carbonyl (C=O) groups excluding carboxylic acids is 1. The molecule has 0 radical (unpaired) electrons. The molecule has 1 N–H and O–H groups in total. The first kappa shape index (κ1) is 21.8. The van der Waals surface area contributed by atoms with Gasteiger partial charge in [-0.2, -0.15) is 5.10 Å². The summed E-state index contributed by atoms with van der Waals surface area (Å²) in [6, 6.07) is 12.4. The van der Waals surface area contributed by atoms with Gasteiger partial charge in [0.2, 0.25) is 0 Å². The van der Waals surface area contributed by atoms with E-state index in [0.29, 0.717) is 46.0 Å². The minimum Gasteiger partial charge on any atom is -0.493 e. The summed E-state index contributed by atoms with van der Waals surface area (Å²) in [6.07, 6.45) is 2.30. The van der Waals surface area contributed by atoms with E-state index in [1.165, 1.54) is 4.68 Å². The van der Waals surface area contributed by atoms with Crippen molar-refractivity contribution in [2.75, 3.05) is 20.8 Å². The van der Waals surface area contributed by atoms with Gasteiger partial charge in [0.15, 0.2) is 18.2 Å². The van der Waals surface area contributed by atoms with Crippen LogP contribution in [-0.2, 0) is 13.2 Å². The van der Waals surface area contributed by atoms with E-state index in [-0.39, 0.29) is 12.6 Å². The second kappa shape index (κ2) is 10.2. The maximum absolute atomic E-state index is 12.3. The lowest BCUT2D eigenvalue weighted by molar-refractivity contribution is 0.0947. The number of nitrogens with zero attached hydrogens (tertiary/aromatic N) is 2. The lowest BCUT2D eigenvalue weighted by atomic mass is 10.1. The number of hydrogen-bond acceptors (Lipinski definition) is 5. The fraction of sp³-hybridized carbons (Fsp3) is 0.238. The largest absolute Gasteiger partial charge is 0.493 e. The van der Waals surface area contributed by atoms with Gasteiger partial charge in [-0.1, -0.05) is 35.3 Å². The van der Waals surface area contributed by atoms with E-state index in [1.807, 2.05) is 18.2 Å². The van der Waals surface area contributed by atoms with Gasteiger partial charge in [0.05, 0.1) is 19.2 Å². The monoisotopic (exact) mass is 449 g/mol. The molecule has 0 fully saturated rings. The summed E-state index contributed by atoms with van der Waals surface area (Å²) in [5, 5.41) is 7.81. The molecular weight excluding hydrogens is 429 g/mol. The van der Waals surface area contributed by atoms with Crippen molar-refractivity contribution in [3.05, 3.63) is 70.0 Å². The van der Waals surface area contributed by atoms with Crippen LogP contribution in [0.1, 0.15) is 16.1 Å². The lowest BCUT2D eigenvalue weighted by Gasteiger charge is -2.10. The molecule has 9 heteroatoms. The SMILES string of the molecule is COc1ccc(CCNC(=O)c2ccn(COc3cccc(Cl)c3Cl)n2)cc1OC. The minimum atomic E-state index is -0.269. The third-order valence-electron chi connectivity index (χ3n) is 4.29. The number of halogens is 2. The van der Waals surface area contributed by atoms with Gasteiger partial charge >= 0.3 is 0 Å². The number of ether oxygens (including phenoxy) is 3. The van der Waals surface area contributed by atoms with Gasteiger partial charge in [-0.3, -0.25) is 4.79 Å². The molecule has 0 aliphatic heterocycles. The average molecular weight is 450 g/mol. The fourth-order valence-electron chi connectivity index (χ4n) is 2.73. The molecule has 1 aromatic heterocycles. The Hall–Kier alpha value is -2.90. The molecule has 30 heavy (non-hydrogen) atoms. The molecule has 1 heterocycles. The second-order valence-corrected chi connectivity index (χ2v) is 7.05. The number of methoxy groups -OCH3 is 2. The van der Waals surface area contributed by atoms with Crippen molar-refractivity contribution >= 4 is 29.1 Å². The first-order valence-electron chi connectivity index (χ1n) is 9.11. The van der Waals surface area contributed by atoms with E-state index in [2.05, 4.69) is 10.4 Å². The fourth-order valence-corrected chi connectivity index (χ4v) is 3.08. The first-order chi connectivity index (χ1) is 14.5. The average Bonchev–Trinajstić information content (AvgIpc) is 3.23. The maximum Gasteiger partial charge on any atom is 0.271 e. The van der Waals surface area contributed by atoms with E-state index < -0.39 is 0 Å². The summed E-state index contributed by atoms with van der Waals surface area (Å²) in [5.41, 5.74) is 1.31. The Kier molecular flexibility index (Phi) is 7.43. The Labute approximate surface area is 184 Å². The van der Waals surface area contributed by atoms with Crippen molar-refractivity contribution < 1.29 is 19.0 Å². The summed E-state index contributed by atoms with van der Waals surface area (Å²) < 4.78 is 17.6. The van der Waals surface area contributed by atoms with Crippen LogP contribution in [0.25, 0.3) is 0 Å². The number of rotatable bonds is 9. The molecule has 0 saturated heterocycles. The Morgan fingerprint density at radius 3 is 2.63 bits per heavy atom. The molecule has 3 rings (SSSR count). The van der Waals surface area contributed by atoms with Gasteiger partial charge in [0, 0.05) is 12.7 Å². The molecule has 0 unspecified atom stereocenters. The zero-order valence-electron chi connectivity index (χ0n) is 16.5. The van der Waals surface area contributed by atoms with Crippen molar-refractivity contribution in [1.29, 1.82) is 0 Å². The van der Waals surface area contributed by atoms with Gasteiger partial charge in [-0.25, -0.2) is 4.68 Å². The molecule has 0 aliphatic rings. The molecular formula is C21H21Cl2N3O4. The predicted octanol–water partition coefficient (Wildman–Crippen LogP) is 4.22. The van der Waals surface area contributed by atoms with E-state index in [9.17, 15) is 4.79 Å². The third kappa shape index (κ3) is 5.37. The normalized spacial score (nSPS) is 10.5. The minimum absolute atomic E-state index is 0.0962. The first-order valence-corrected chi connectivity index (χ1v) is 9.86. The van der Waals surface area contributed by atoms with Crippen LogP contribution in [0.3, 0.4) is 0 Å². The molecule has 0 spiro atoms. The van der Waals surface area contributed by atoms with E-state index >= 15 is 0 Å². The molecule has 1 amide bonds. The van der Waals surface area contributed by atoms with Gasteiger partial charge in [-0.05, 0) is 42.3 Å². The zero-order chi connectivity index (χ0) is 21.5. The Morgan fingerprint density at radius 2 is 1.87 bits per heavy atom. The van der Waals surface area contributed by atoms with Gasteiger partial charge in [0.1, 0.15) is 16.5 Å². The van der Waals surface area contributed by atoms with E-state index in [1.54, 1.807) is 44.7 Å². The highest BCUT2D eigenvalue weighted by Gasteiger charge is 2.11. The molecule has 7 nitrogen and oxygen atoms in total. The smallest absolute Gasteiger partial charge is 0.271 e. The molecule has 3 aromatic rings. The standard InChI is InChI=1S/C21H21Cl2N3O4/c1-28-17-7-6-14(12-19(17)29-2)8-10-24-21(27)16-9-11-26(25-16)13-30-18-5-3-4-15(22)20(18)23/h3-7,9,11-12H,8,10,13H2,1-2H3,(H,24,27).